The van der Waals surface area contributed by atoms with Gasteiger partial charge in [0.2, 0.25) is 0 Å². The number of aryl methyl sites for hydroxylation is 2. The molecule has 90 valence electrons. The van der Waals surface area contributed by atoms with E-state index in [1.807, 2.05) is 34.0 Å². The Hall–Kier alpha value is -1.09. The average Bonchev–Trinajstić information content (AvgIpc) is 2.14. The van der Waals surface area contributed by atoms with Gasteiger partial charge in [0.05, 0.1) is 6.61 Å². The summed E-state index contributed by atoms with van der Waals surface area (Å²) in [5.41, 5.74) is 1.79. The summed E-state index contributed by atoms with van der Waals surface area (Å²) >= 11 is 0. The van der Waals surface area contributed by atoms with E-state index in [4.69, 9.17) is 4.74 Å². The molecule has 1 rings (SSSR count). The van der Waals surface area contributed by atoms with Crippen molar-refractivity contribution < 1.29 is 9.13 Å². The minimum Gasteiger partial charge on any atom is -0.490 e. The highest BCUT2D eigenvalue weighted by Crippen LogP contribution is 2.23. The molecule has 0 aromatic heterocycles. The molecule has 0 amide bonds. The Balaban J connectivity index is 2.54. The van der Waals surface area contributed by atoms with Gasteiger partial charge in [0, 0.05) is 6.54 Å². The highest BCUT2D eigenvalue weighted by molar-refractivity contribution is 5.37. The number of rotatable bonds is 5. The molecule has 2 nitrogen and oxygen atoms in total. The summed E-state index contributed by atoms with van der Waals surface area (Å²) in [4.78, 5) is 2.09. The van der Waals surface area contributed by atoms with Crippen LogP contribution in [0.4, 0.5) is 4.39 Å². The summed E-state index contributed by atoms with van der Waals surface area (Å²) in [5, 5.41) is 0. The van der Waals surface area contributed by atoms with Crippen LogP contribution in [0.1, 0.15) is 17.5 Å². The molecule has 0 heterocycles. The van der Waals surface area contributed by atoms with Crippen molar-refractivity contribution >= 4 is 0 Å². The van der Waals surface area contributed by atoms with Crippen molar-refractivity contribution in [3.63, 3.8) is 0 Å². The first-order chi connectivity index (χ1) is 7.50. The molecule has 16 heavy (non-hydrogen) atoms. The zero-order valence-corrected chi connectivity index (χ0v) is 10.5. The summed E-state index contributed by atoms with van der Waals surface area (Å²) in [6, 6.07) is 3.44. The van der Waals surface area contributed by atoms with E-state index in [2.05, 4.69) is 4.90 Å². The first-order valence-corrected chi connectivity index (χ1v) is 5.55. The minimum atomic E-state index is -0.262. The van der Waals surface area contributed by atoms with Gasteiger partial charge in [-0.05, 0) is 51.6 Å². The second-order valence-electron chi connectivity index (χ2n) is 4.40. The predicted molar refractivity (Wildman–Crippen MR) is 64.5 cm³/mol. The highest BCUT2D eigenvalue weighted by Gasteiger charge is 2.07. The van der Waals surface area contributed by atoms with E-state index < -0.39 is 0 Å². The molecule has 1 aromatic carbocycles. The van der Waals surface area contributed by atoms with Crippen molar-refractivity contribution in [3.05, 3.63) is 29.1 Å². The van der Waals surface area contributed by atoms with Crippen LogP contribution < -0.4 is 4.74 Å². The standard InChI is InChI=1S/C13H20FNO/c1-10-8-11(2)13(12(14)9-10)16-7-5-6-15(3)4/h8-9H,5-7H2,1-4H3. The third-order valence-electron chi connectivity index (χ3n) is 2.37. The van der Waals surface area contributed by atoms with E-state index >= 15 is 0 Å². The van der Waals surface area contributed by atoms with Gasteiger partial charge in [-0.15, -0.1) is 0 Å². The fourth-order valence-corrected chi connectivity index (χ4v) is 1.64. The van der Waals surface area contributed by atoms with Crippen molar-refractivity contribution in [1.29, 1.82) is 0 Å². The van der Waals surface area contributed by atoms with Crippen LogP contribution in [-0.2, 0) is 0 Å². The minimum absolute atomic E-state index is 0.262. The molecule has 0 saturated carbocycles. The van der Waals surface area contributed by atoms with E-state index in [0.717, 1.165) is 24.1 Å². The number of halogens is 1. The summed E-state index contributed by atoms with van der Waals surface area (Å²) in [5.74, 6) is 0.131. The Labute approximate surface area is 97.0 Å². The Morgan fingerprint density at radius 3 is 2.50 bits per heavy atom. The second-order valence-corrected chi connectivity index (χ2v) is 4.40. The van der Waals surface area contributed by atoms with Crippen LogP contribution in [0.3, 0.4) is 0 Å². The molecule has 0 radical (unpaired) electrons. The molecule has 0 N–H and O–H groups in total. The van der Waals surface area contributed by atoms with Crippen LogP contribution in [0.15, 0.2) is 12.1 Å². The normalized spacial score (nSPS) is 10.9. The molecule has 1 aromatic rings. The maximum absolute atomic E-state index is 13.6. The molecule has 0 bridgehead atoms. The molecular formula is C13H20FNO. The van der Waals surface area contributed by atoms with Crippen molar-refractivity contribution in [3.8, 4) is 5.75 Å². The lowest BCUT2D eigenvalue weighted by atomic mass is 10.1. The number of hydrogen-bond donors (Lipinski definition) is 0. The summed E-state index contributed by atoms with van der Waals surface area (Å²) in [6.45, 7) is 5.26. The molecule has 0 spiro atoms. The molecule has 3 heteroatoms. The van der Waals surface area contributed by atoms with Crippen molar-refractivity contribution in [1.82, 2.24) is 4.90 Å². The summed E-state index contributed by atoms with van der Waals surface area (Å²) in [6.07, 6.45) is 0.903. The Kier molecular flexibility index (Phi) is 4.74. The van der Waals surface area contributed by atoms with E-state index in [9.17, 15) is 4.39 Å². The zero-order valence-electron chi connectivity index (χ0n) is 10.5. The summed E-state index contributed by atoms with van der Waals surface area (Å²) in [7, 11) is 4.02. The zero-order chi connectivity index (χ0) is 12.1. The van der Waals surface area contributed by atoms with Gasteiger partial charge < -0.3 is 9.64 Å². The topological polar surface area (TPSA) is 12.5 Å². The van der Waals surface area contributed by atoms with Crippen molar-refractivity contribution in [2.75, 3.05) is 27.2 Å². The van der Waals surface area contributed by atoms with E-state index in [-0.39, 0.29) is 5.82 Å². The number of benzene rings is 1. The lowest BCUT2D eigenvalue weighted by Gasteiger charge is -2.13. The fourth-order valence-electron chi connectivity index (χ4n) is 1.64. The monoisotopic (exact) mass is 225 g/mol. The van der Waals surface area contributed by atoms with Gasteiger partial charge in [-0.25, -0.2) is 4.39 Å². The van der Waals surface area contributed by atoms with Crippen LogP contribution >= 0.6 is 0 Å². The quantitative estimate of drug-likeness (QED) is 0.714. The van der Waals surface area contributed by atoms with Crippen molar-refractivity contribution in [2.24, 2.45) is 0 Å². The van der Waals surface area contributed by atoms with Gasteiger partial charge in [0.25, 0.3) is 0 Å². The number of hydrogen-bond acceptors (Lipinski definition) is 2. The van der Waals surface area contributed by atoms with E-state index in [0.29, 0.717) is 12.4 Å². The third kappa shape index (κ3) is 3.81. The SMILES string of the molecule is Cc1cc(C)c(OCCCN(C)C)c(F)c1. The molecule has 0 atom stereocenters. The third-order valence-corrected chi connectivity index (χ3v) is 2.37. The van der Waals surface area contributed by atoms with Gasteiger partial charge >= 0.3 is 0 Å². The number of ether oxygens (including phenoxy) is 1. The lowest BCUT2D eigenvalue weighted by Crippen LogP contribution is -2.15. The van der Waals surface area contributed by atoms with Gasteiger partial charge in [-0.1, -0.05) is 6.07 Å². The van der Waals surface area contributed by atoms with Gasteiger partial charge in [0.15, 0.2) is 11.6 Å². The Morgan fingerprint density at radius 2 is 1.94 bits per heavy atom. The average molecular weight is 225 g/mol. The molecule has 0 aliphatic heterocycles. The van der Waals surface area contributed by atoms with Gasteiger partial charge in [-0.2, -0.15) is 0 Å². The first kappa shape index (κ1) is 13.0. The molecule has 0 fully saturated rings. The Bertz CT molecular complexity index is 327. The molecule has 0 unspecified atom stereocenters. The predicted octanol–water partition coefficient (Wildman–Crippen LogP) is 2.77. The maximum atomic E-state index is 13.6. The molecule has 0 aliphatic carbocycles. The Morgan fingerprint density at radius 1 is 1.25 bits per heavy atom. The van der Waals surface area contributed by atoms with E-state index in [1.165, 1.54) is 6.07 Å². The largest absolute Gasteiger partial charge is 0.490 e. The molecule has 0 saturated heterocycles. The van der Waals surface area contributed by atoms with Gasteiger partial charge in [0.1, 0.15) is 0 Å². The highest BCUT2D eigenvalue weighted by atomic mass is 19.1. The van der Waals surface area contributed by atoms with Gasteiger partial charge in [-0.3, -0.25) is 0 Å². The molecular weight excluding hydrogens is 205 g/mol. The van der Waals surface area contributed by atoms with Crippen LogP contribution in [0.2, 0.25) is 0 Å². The molecule has 0 aliphatic rings. The second kappa shape index (κ2) is 5.85. The van der Waals surface area contributed by atoms with Crippen LogP contribution in [0, 0.1) is 19.7 Å². The first-order valence-electron chi connectivity index (χ1n) is 5.55. The van der Waals surface area contributed by atoms with Crippen LogP contribution in [-0.4, -0.2) is 32.1 Å². The fraction of sp³-hybridized carbons (Fsp3) is 0.538. The smallest absolute Gasteiger partial charge is 0.165 e. The lowest BCUT2D eigenvalue weighted by molar-refractivity contribution is 0.269. The van der Waals surface area contributed by atoms with E-state index in [1.54, 1.807) is 0 Å². The summed E-state index contributed by atoms with van der Waals surface area (Å²) < 4.78 is 19.0. The number of nitrogens with zero attached hydrogens (tertiary/aromatic N) is 1. The van der Waals surface area contributed by atoms with Crippen molar-refractivity contribution in [2.45, 2.75) is 20.3 Å². The maximum Gasteiger partial charge on any atom is 0.165 e. The van der Waals surface area contributed by atoms with Crippen LogP contribution in [0.25, 0.3) is 0 Å². The van der Waals surface area contributed by atoms with Crippen LogP contribution in [0.5, 0.6) is 5.75 Å².